The number of hydrogen-bond donors (Lipinski definition) is 2. The van der Waals surface area contributed by atoms with E-state index in [4.69, 9.17) is 4.11 Å². The van der Waals surface area contributed by atoms with Crippen LogP contribution in [0.1, 0.15) is 23.8 Å². The minimum atomic E-state index is -2.51. The van der Waals surface area contributed by atoms with Gasteiger partial charge in [-0.2, -0.15) is 0 Å². The molecule has 0 aromatic carbocycles. The fourth-order valence-electron chi connectivity index (χ4n) is 1.15. The molecule has 0 aromatic rings. The third-order valence-corrected chi connectivity index (χ3v) is 1.67. The number of carbonyl (C=O) groups excluding carboxylic acids is 1. The van der Waals surface area contributed by atoms with Gasteiger partial charge in [0.25, 0.3) is 0 Å². The molecular formula is C7H14N2O. The first-order valence-electron chi connectivity index (χ1n) is 5.02. The van der Waals surface area contributed by atoms with E-state index in [0.717, 1.165) is 25.9 Å². The van der Waals surface area contributed by atoms with E-state index >= 15 is 0 Å². The van der Waals surface area contributed by atoms with Crippen molar-refractivity contribution in [2.75, 3.05) is 13.1 Å². The van der Waals surface area contributed by atoms with E-state index in [1.165, 1.54) is 0 Å². The SMILES string of the molecule is [2H]C([2H])([2H])C(=O)NC1CCNCC1. The van der Waals surface area contributed by atoms with Gasteiger partial charge < -0.3 is 10.6 Å². The fraction of sp³-hybridized carbons (Fsp3) is 0.857. The largest absolute Gasteiger partial charge is 0.354 e. The maximum absolute atomic E-state index is 11.0. The minimum absolute atomic E-state index is 0.0224. The number of nitrogens with one attached hydrogen (secondary N) is 2. The maximum Gasteiger partial charge on any atom is 0.217 e. The Morgan fingerprint density at radius 1 is 1.70 bits per heavy atom. The molecule has 3 nitrogen and oxygen atoms in total. The zero-order chi connectivity index (χ0) is 9.90. The smallest absolute Gasteiger partial charge is 0.217 e. The monoisotopic (exact) mass is 145 g/mol. The van der Waals surface area contributed by atoms with Crippen LogP contribution in [0.15, 0.2) is 0 Å². The van der Waals surface area contributed by atoms with Gasteiger partial charge in [0.15, 0.2) is 0 Å². The standard InChI is InChI=1S/C7H14N2O/c1-6(10)9-7-2-4-8-5-3-7/h7-8H,2-5H2,1H3,(H,9,10)/i1D3. The Morgan fingerprint density at radius 3 is 3.00 bits per heavy atom. The van der Waals surface area contributed by atoms with Crippen molar-refractivity contribution < 1.29 is 8.91 Å². The molecular weight excluding hydrogens is 128 g/mol. The van der Waals surface area contributed by atoms with E-state index in [1.54, 1.807) is 0 Å². The van der Waals surface area contributed by atoms with Crippen molar-refractivity contribution in [1.82, 2.24) is 10.6 Å². The predicted molar refractivity (Wildman–Crippen MR) is 39.7 cm³/mol. The molecule has 3 heteroatoms. The van der Waals surface area contributed by atoms with Gasteiger partial charge in [-0.1, -0.05) is 0 Å². The van der Waals surface area contributed by atoms with Gasteiger partial charge in [-0.15, -0.1) is 0 Å². The van der Waals surface area contributed by atoms with Gasteiger partial charge >= 0.3 is 0 Å². The Labute approximate surface area is 65.4 Å². The highest BCUT2D eigenvalue weighted by molar-refractivity contribution is 5.73. The molecule has 0 unspecified atom stereocenters. The van der Waals surface area contributed by atoms with Crippen molar-refractivity contribution in [3.63, 3.8) is 0 Å². The molecule has 1 fully saturated rings. The van der Waals surface area contributed by atoms with Crippen LogP contribution in [0.5, 0.6) is 0 Å². The zero-order valence-electron chi connectivity index (χ0n) is 8.81. The van der Waals surface area contributed by atoms with Gasteiger partial charge in [0.2, 0.25) is 5.91 Å². The average molecular weight is 145 g/mol. The Bertz CT molecular complexity index is 187. The van der Waals surface area contributed by atoms with Crippen molar-refractivity contribution in [2.45, 2.75) is 25.7 Å². The molecule has 0 radical (unpaired) electrons. The van der Waals surface area contributed by atoms with Crippen molar-refractivity contribution >= 4 is 5.91 Å². The molecule has 2 N–H and O–H groups in total. The van der Waals surface area contributed by atoms with Crippen LogP contribution >= 0.6 is 0 Å². The summed E-state index contributed by atoms with van der Waals surface area (Å²) in [5.74, 6) is -0.834. The fourth-order valence-corrected chi connectivity index (χ4v) is 1.15. The first-order chi connectivity index (χ1) is 6.00. The summed E-state index contributed by atoms with van der Waals surface area (Å²) in [6.07, 6.45) is 1.61. The normalized spacial score (nSPS) is 26.2. The second-order valence-electron chi connectivity index (χ2n) is 2.50. The first-order valence-corrected chi connectivity index (χ1v) is 3.52. The van der Waals surface area contributed by atoms with Crippen LogP contribution in [0.25, 0.3) is 0 Å². The van der Waals surface area contributed by atoms with Crippen molar-refractivity contribution in [3.05, 3.63) is 0 Å². The van der Waals surface area contributed by atoms with E-state index in [-0.39, 0.29) is 6.04 Å². The average Bonchev–Trinajstić information content (AvgIpc) is 2.04. The van der Waals surface area contributed by atoms with Gasteiger partial charge in [0.05, 0.1) is 0 Å². The highest BCUT2D eigenvalue weighted by Gasteiger charge is 2.12. The third kappa shape index (κ3) is 2.35. The van der Waals surface area contributed by atoms with Crippen molar-refractivity contribution in [3.8, 4) is 0 Å². The van der Waals surface area contributed by atoms with Crippen LogP contribution in [0.2, 0.25) is 0 Å². The van der Waals surface area contributed by atoms with Gasteiger partial charge in [-0.25, -0.2) is 0 Å². The molecule has 1 rings (SSSR count). The molecule has 0 bridgehead atoms. The summed E-state index contributed by atoms with van der Waals surface area (Å²) in [5, 5.41) is 5.65. The van der Waals surface area contributed by atoms with Gasteiger partial charge in [-0.05, 0) is 25.9 Å². The molecule has 1 saturated heterocycles. The topological polar surface area (TPSA) is 41.1 Å². The number of piperidine rings is 1. The number of rotatable bonds is 1. The molecule has 58 valence electrons. The van der Waals surface area contributed by atoms with Crippen LogP contribution < -0.4 is 10.6 Å². The molecule has 1 aliphatic heterocycles. The zero-order valence-corrected chi connectivity index (χ0v) is 5.81. The highest BCUT2D eigenvalue weighted by Crippen LogP contribution is 2.00. The van der Waals surface area contributed by atoms with E-state index in [9.17, 15) is 4.79 Å². The van der Waals surface area contributed by atoms with E-state index < -0.39 is 12.8 Å². The van der Waals surface area contributed by atoms with E-state index in [1.807, 2.05) is 0 Å². The summed E-state index contributed by atoms with van der Waals surface area (Å²) in [4.78, 5) is 11.0. The lowest BCUT2D eigenvalue weighted by molar-refractivity contribution is -0.119. The quantitative estimate of drug-likeness (QED) is 0.540. The van der Waals surface area contributed by atoms with Crippen LogP contribution in [0.3, 0.4) is 0 Å². The molecule has 10 heavy (non-hydrogen) atoms. The molecule has 0 aliphatic carbocycles. The Hall–Kier alpha value is -0.570. The lowest BCUT2D eigenvalue weighted by atomic mass is 10.1. The van der Waals surface area contributed by atoms with Crippen LogP contribution in [0.4, 0.5) is 0 Å². The lowest BCUT2D eigenvalue weighted by Crippen LogP contribution is -2.41. The van der Waals surface area contributed by atoms with Crippen molar-refractivity contribution in [1.29, 1.82) is 0 Å². The van der Waals surface area contributed by atoms with Gasteiger partial charge in [-0.3, -0.25) is 4.79 Å². The molecule has 0 atom stereocenters. The summed E-state index contributed by atoms with van der Waals surface area (Å²) in [7, 11) is 0. The highest BCUT2D eigenvalue weighted by atomic mass is 16.1. The Morgan fingerprint density at radius 2 is 2.40 bits per heavy atom. The summed E-state index contributed by atoms with van der Waals surface area (Å²) >= 11 is 0. The molecule has 1 heterocycles. The lowest BCUT2D eigenvalue weighted by Gasteiger charge is -2.22. The molecule has 1 amide bonds. The van der Waals surface area contributed by atoms with Gasteiger partial charge in [0, 0.05) is 17.0 Å². The molecule has 0 aromatic heterocycles. The van der Waals surface area contributed by atoms with Crippen LogP contribution in [-0.2, 0) is 4.79 Å². The summed E-state index contributed by atoms with van der Waals surface area (Å²) in [6, 6.07) is 0.0224. The number of hydrogen-bond acceptors (Lipinski definition) is 2. The van der Waals surface area contributed by atoms with E-state index in [2.05, 4.69) is 10.6 Å². The molecule has 0 saturated carbocycles. The summed E-state index contributed by atoms with van der Waals surface area (Å²) in [5.41, 5.74) is 0. The van der Waals surface area contributed by atoms with Crippen molar-refractivity contribution in [2.24, 2.45) is 0 Å². The maximum atomic E-state index is 11.0. The second-order valence-corrected chi connectivity index (χ2v) is 2.50. The summed E-state index contributed by atoms with van der Waals surface area (Å²) < 4.78 is 20.6. The molecule has 0 spiro atoms. The first kappa shape index (κ1) is 4.34. The van der Waals surface area contributed by atoms with Crippen LogP contribution in [-0.4, -0.2) is 25.0 Å². The predicted octanol–water partition coefficient (Wildman–Crippen LogP) is -0.126. The Balaban J connectivity index is 2.35. The molecule has 1 aliphatic rings. The van der Waals surface area contributed by atoms with Gasteiger partial charge in [0.1, 0.15) is 0 Å². The number of carbonyl (C=O) groups is 1. The number of amides is 1. The Kier molecular flexibility index (Phi) is 1.55. The van der Waals surface area contributed by atoms with Crippen LogP contribution in [0, 0.1) is 0 Å². The van der Waals surface area contributed by atoms with E-state index in [0.29, 0.717) is 0 Å². The third-order valence-electron chi connectivity index (χ3n) is 1.67. The summed E-state index contributed by atoms with van der Waals surface area (Å²) in [6.45, 7) is -0.831. The second kappa shape index (κ2) is 3.56. The minimum Gasteiger partial charge on any atom is -0.354 e.